The molecule has 1 aromatic heterocycles. The molecule has 0 saturated carbocycles. The number of amides is 3. The number of nitrogens with two attached hydrogens (primary N) is 1. The number of halogens is 1. The molecule has 218 valence electrons. The van der Waals surface area contributed by atoms with Gasteiger partial charge in [-0.1, -0.05) is 64.5 Å². The van der Waals surface area contributed by atoms with E-state index in [0.717, 1.165) is 27.2 Å². The van der Waals surface area contributed by atoms with Crippen LogP contribution in [0.25, 0.3) is 21.7 Å². The van der Waals surface area contributed by atoms with E-state index >= 15 is 0 Å². The van der Waals surface area contributed by atoms with Gasteiger partial charge in [-0.05, 0) is 52.7 Å². The molecule has 1 unspecified atom stereocenters. The Hall–Kier alpha value is -5.16. The summed E-state index contributed by atoms with van der Waals surface area (Å²) in [5.74, 6) is -1.50. The summed E-state index contributed by atoms with van der Waals surface area (Å²) in [4.78, 5) is 43.4. The van der Waals surface area contributed by atoms with Gasteiger partial charge in [-0.25, -0.2) is 0 Å². The smallest absolute Gasteiger partial charge is 0.255 e. The van der Waals surface area contributed by atoms with Gasteiger partial charge in [0.25, 0.3) is 11.8 Å². The van der Waals surface area contributed by atoms with Gasteiger partial charge in [0.2, 0.25) is 5.91 Å². The summed E-state index contributed by atoms with van der Waals surface area (Å²) in [6.45, 7) is 0.452. The summed E-state index contributed by atoms with van der Waals surface area (Å²) < 4.78 is 0.634. The quantitative estimate of drug-likeness (QED) is 0.0687. The molecule has 1 atom stereocenters. The second-order valence-electron chi connectivity index (χ2n) is 9.93. The van der Waals surface area contributed by atoms with Crippen LogP contribution in [-0.2, 0) is 11.2 Å². The number of anilines is 1. The number of fused-ring (bicyclic) bond motifs is 2. The van der Waals surface area contributed by atoms with E-state index in [1.807, 2.05) is 60.8 Å². The fourth-order valence-electron chi connectivity index (χ4n) is 4.81. The van der Waals surface area contributed by atoms with E-state index in [1.54, 1.807) is 30.3 Å². The van der Waals surface area contributed by atoms with E-state index in [0.29, 0.717) is 15.7 Å². The third-order valence-corrected chi connectivity index (χ3v) is 7.44. The largest absolute Gasteiger partial charge is 0.370 e. The van der Waals surface area contributed by atoms with Crippen molar-refractivity contribution in [2.24, 2.45) is 5.73 Å². The van der Waals surface area contributed by atoms with Crippen LogP contribution in [0.5, 0.6) is 0 Å². The first-order chi connectivity index (χ1) is 20.8. The summed E-state index contributed by atoms with van der Waals surface area (Å²) in [6, 6.07) is 24.9. The van der Waals surface area contributed by atoms with Crippen molar-refractivity contribution in [1.29, 1.82) is 5.41 Å². The molecular formula is C32H30BrN7O3. The van der Waals surface area contributed by atoms with Crippen molar-refractivity contribution in [3.63, 3.8) is 0 Å². The zero-order chi connectivity index (χ0) is 30.3. The molecule has 4 aromatic carbocycles. The molecule has 0 aliphatic carbocycles. The Morgan fingerprint density at radius 2 is 1.60 bits per heavy atom. The average molecular weight is 641 g/mol. The van der Waals surface area contributed by atoms with E-state index in [1.165, 1.54) is 0 Å². The number of H-pyrrole nitrogens is 1. The normalized spacial score (nSPS) is 11.6. The lowest BCUT2D eigenvalue weighted by molar-refractivity contribution is -0.122. The van der Waals surface area contributed by atoms with Crippen molar-refractivity contribution in [3.05, 3.63) is 112 Å². The molecular weight excluding hydrogens is 610 g/mol. The second-order valence-corrected chi connectivity index (χ2v) is 10.8. The molecule has 0 aliphatic rings. The molecule has 43 heavy (non-hydrogen) atoms. The Balaban J connectivity index is 1.37. The van der Waals surface area contributed by atoms with Crippen LogP contribution in [0.15, 0.2) is 95.6 Å². The Labute approximate surface area is 256 Å². The van der Waals surface area contributed by atoms with Crippen LogP contribution < -0.4 is 27.0 Å². The fourth-order valence-corrected chi connectivity index (χ4v) is 5.17. The number of hydrogen-bond acceptors (Lipinski definition) is 4. The Morgan fingerprint density at radius 3 is 2.42 bits per heavy atom. The van der Waals surface area contributed by atoms with E-state index < -0.39 is 17.9 Å². The second kappa shape index (κ2) is 13.2. The number of aromatic amines is 1. The minimum absolute atomic E-state index is 0.193. The Kier molecular flexibility index (Phi) is 9.02. The van der Waals surface area contributed by atoms with Crippen LogP contribution in [0.3, 0.4) is 0 Å². The number of para-hydroxylation sites is 1. The lowest BCUT2D eigenvalue weighted by Crippen LogP contribution is -2.49. The number of guanidine groups is 1. The third kappa shape index (κ3) is 7.19. The van der Waals surface area contributed by atoms with Gasteiger partial charge in [0.1, 0.15) is 6.04 Å². The number of benzene rings is 4. The minimum atomic E-state index is -0.938. The Bertz CT molecular complexity index is 1830. The first-order valence-corrected chi connectivity index (χ1v) is 14.4. The molecule has 11 heteroatoms. The summed E-state index contributed by atoms with van der Waals surface area (Å²) in [6.07, 6.45) is 2.04. The lowest BCUT2D eigenvalue weighted by Gasteiger charge is -2.20. The van der Waals surface area contributed by atoms with Crippen molar-refractivity contribution in [1.82, 2.24) is 20.9 Å². The maximum Gasteiger partial charge on any atom is 0.255 e. The predicted octanol–water partition coefficient (Wildman–Crippen LogP) is 4.28. The van der Waals surface area contributed by atoms with E-state index in [-0.39, 0.29) is 36.9 Å². The van der Waals surface area contributed by atoms with Crippen molar-refractivity contribution < 1.29 is 14.4 Å². The molecule has 8 N–H and O–H groups in total. The molecule has 0 spiro atoms. The standard InChI is InChI=1S/C32H30BrN7O3/c33-23-11-12-27(39-29(41)21-10-9-19-5-1-2-6-20(19)15-21)25(17-23)30(42)40-28(31(43)36-13-14-37-32(34)35)16-22-18-38-26-8-4-3-7-24(22)26/h1-12,15,17-18,28,38H,13-14,16H2,(H,36,43)(H,39,41)(H,40,42)(H4,34,35,37). The summed E-state index contributed by atoms with van der Waals surface area (Å²) in [5, 5.41) is 21.3. The predicted molar refractivity (Wildman–Crippen MR) is 172 cm³/mol. The summed E-state index contributed by atoms with van der Waals surface area (Å²) in [5.41, 5.74) is 8.05. The molecule has 0 saturated heterocycles. The van der Waals surface area contributed by atoms with Crippen LogP contribution in [0.1, 0.15) is 26.3 Å². The SMILES string of the molecule is N=C(N)NCCNC(=O)C(Cc1c[nH]c2ccccc12)NC(=O)c1cc(Br)ccc1NC(=O)c1ccc2ccccc2c1. The molecule has 5 aromatic rings. The van der Waals surface area contributed by atoms with Crippen LogP contribution in [-0.4, -0.2) is 47.8 Å². The lowest BCUT2D eigenvalue weighted by atomic mass is 10.0. The number of carbonyl (C=O) groups is 3. The van der Waals surface area contributed by atoms with E-state index in [9.17, 15) is 14.4 Å². The van der Waals surface area contributed by atoms with E-state index in [2.05, 4.69) is 42.2 Å². The van der Waals surface area contributed by atoms with Gasteiger partial charge in [0.05, 0.1) is 11.3 Å². The van der Waals surface area contributed by atoms with Gasteiger partial charge < -0.3 is 32.0 Å². The summed E-state index contributed by atoms with van der Waals surface area (Å²) >= 11 is 3.42. The van der Waals surface area contributed by atoms with Gasteiger partial charge in [0.15, 0.2) is 5.96 Å². The number of aromatic nitrogens is 1. The highest BCUT2D eigenvalue weighted by Crippen LogP contribution is 2.24. The van der Waals surface area contributed by atoms with Crippen LogP contribution >= 0.6 is 15.9 Å². The molecule has 1 heterocycles. The van der Waals surface area contributed by atoms with Crippen molar-refractivity contribution in [2.45, 2.75) is 12.5 Å². The summed E-state index contributed by atoms with van der Waals surface area (Å²) in [7, 11) is 0. The first kappa shape index (κ1) is 29.3. The highest BCUT2D eigenvalue weighted by atomic mass is 79.9. The number of hydrogen-bond donors (Lipinski definition) is 7. The highest BCUT2D eigenvalue weighted by molar-refractivity contribution is 9.10. The van der Waals surface area contributed by atoms with Crippen LogP contribution in [0, 0.1) is 5.41 Å². The van der Waals surface area contributed by atoms with E-state index in [4.69, 9.17) is 11.1 Å². The Morgan fingerprint density at radius 1 is 0.860 bits per heavy atom. The third-order valence-electron chi connectivity index (χ3n) is 6.95. The zero-order valence-corrected chi connectivity index (χ0v) is 24.6. The maximum atomic E-state index is 13.7. The van der Waals surface area contributed by atoms with Crippen molar-refractivity contribution in [3.8, 4) is 0 Å². The molecule has 10 nitrogen and oxygen atoms in total. The average Bonchev–Trinajstić information content (AvgIpc) is 3.42. The minimum Gasteiger partial charge on any atom is -0.370 e. The van der Waals surface area contributed by atoms with Crippen LogP contribution in [0.4, 0.5) is 5.69 Å². The molecule has 0 fully saturated rings. The fraction of sp³-hybridized carbons (Fsp3) is 0.125. The van der Waals surface area contributed by atoms with Crippen molar-refractivity contribution >= 4 is 67.0 Å². The molecule has 0 bridgehead atoms. The van der Waals surface area contributed by atoms with Gasteiger partial charge in [-0.15, -0.1) is 0 Å². The molecule has 5 rings (SSSR count). The molecule has 0 aliphatic heterocycles. The topological polar surface area (TPSA) is 165 Å². The number of carbonyl (C=O) groups excluding carboxylic acids is 3. The monoisotopic (exact) mass is 639 g/mol. The van der Waals surface area contributed by atoms with Crippen molar-refractivity contribution in [2.75, 3.05) is 18.4 Å². The van der Waals surface area contributed by atoms with Gasteiger partial charge in [-0.3, -0.25) is 19.8 Å². The zero-order valence-electron chi connectivity index (χ0n) is 23.0. The van der Waals surface area contributed by atoms with Gasteiger partial charge >= 0.3 is 0 Å². The highest BCUT2D eigenvalue weighted by Gasteiger charge is 2.25. The maximum absolute atomic E-state index is 13.7. The first-order valence-electron chi connectivity index (χ1n) is 13.6. The van der Waals surface area contributed by atoms with Gasteiger partial charge in [0, 0.05) is 46.6 Å². The number of nitrogens with one attached hydrogen (secondary N) is 6. The molecule has 0 radical (unpaired) electrons. The van der Waals surface area contributed by atoms with Gasteiger partial charge in [-0.2, -0.15) is 0 Å². The molecule has 3 amide bonds. The van der Waals surface area contributed by atoms with Crippen LogP contribution in [0.2, 0.25) is 0 Å². The number of rotatable bonds is 10.